The van der Waals surface area contributed by atoms with Gasteiger partial charge in [-0.2, -0.15) is 0 Å². The van der Waals surface area contributed by atoms with Gasteiger partial charge >= 0.3 is 0 Å². The Hall–Kier alpha value is -0.970. The quantitative estimate of drug-likeness (QED) is 0.865. The van der Waals surface area contributed by atoms with Crippen molar-refractivity contribution >= 4 is 27.5 Å². The molecule has 18 heavy (non-hydrogen) atoms. The normalized spacial score (nSPS) is 12.5. The van der Waals surface area contributed by atoms with Crippen LogP contribution < -0.4 is 5.73 Å². The van der Waals surface area contributed by atoms with Crippen molar-refractivity contribution in [3.05, 3.63) is 68.7 Å². The lowest BCUT2D eigenvalue weighted by molar-refractivity contribution is 0.619. The lowest BCUT2D eigenvalue weighted by atomic mass is 10.00. The summed E-state index contributed by atoms with van der Waals surface area (Å²) >= 11 is 8.80. The van der Waals surface area contributed by atoms with E-state index in [1.807, 2.05) is 0 Å². The van der Waals surface area contributed by atoms with E-state index < -0.39 is 11.9 Å². The molecule has 0 radical (unpaired) electrons. The van der Waals surface area contributed by atoms with E-state index in [1.54, 1.807) is 18.2 Å². The number of halogens is 4. The zero-order valence-corrected chi connectivity index (χ0v) is 11.5. The molecule has 0 amide bonds. The van der Waals surface area contributed by atoms with Gasteiger partial charge in [-0.15, -0.1) is 0 Å². The van der Waals surface area contributed by atoms with Crippen LogP contribution in [-0.4, -0.2) is 0 Å². The topological polar surface area (TPSA) is 26.0 Å². The summed E-state index contributed by atoms with van der Waals surface area (Å²) in [5.74, 6) is -0.851. The first-order valence-electron chi connectivity index (χ1n) is 5.14. The Morgan fingerprint density at radius 3 is 2.11 bits per heavy atom. The van der Waals surface area contributed by atoms with Crippen LogP contribution in [0, 0.1) is 11.6 Å². The Kier molecular flexibility index (Phi) is 4.00. The molecule has 1 atom stereocenters. The Bertz CT molecular complexity index is 538. The maximum absolute atomic E-state index is 13.1. The number of benzene rings is 2. The van der Waals surface area contributed by atoms with Gasteiger partial charge in [-0.1, -0.05) is 23.7 Å². The molecular formula is C13H9BrClF2N. The third-order valence-electron chi connectivity index (χ3n) is 2.61. The molecule has 0 saturated heterocycles. The monoisotopic (exact) mass is 331 g/mol. The van der Waals surface area contributed by atoms with Crippen LogP contribution >= 0.6 is 27.5 Å². The van der Waals surface area contributed by atoms with E-state index in [0.29, 0.717) is 15.6 Å². The summed E-state index contributed by atoms with van der Waals surface area (Å²) in [4.78, 5) is 0. The van der Waals surface area contributed by atoms with Crippen molar-refractivity contribution in [2.45, 2.75) is 6.04 Å². The summed E-state index contributed by atoms with van der Waals surface area (Å²) in [7, 11) is 0. The van der Waals surface area contributed by atoms with Gasteiger partial charge < -0.3 is 5.73 Å². The van der Waals surface area contributed by atoms with E-state index in [1.165, 1.54) is 18.2 Å². The highest BCUT2D eigenvalue weighted by Crippen LogP contribution is 2.26. The van der Waals surface area contributed by atoms with E-state index in [2.05, 4.69) is 15.9 Å². The van der Waals surface area contributed by atoms with E-state index in [0.717, 1.165) is 0 Å². The predicted molar refractivity (Wildman–Crippen MR) is 71.5 cm³/mol. The first kappa shape index (κ1) is 13.5. The van der Waals surface area contributed by atoms with Crippen LogP contribution in [-0.2, 0) is 0 Å². The van der Waals surface area contributed by atoms with Crippen molar-refractivity contribution in [1.29, 1.82) is 0 Å². The Balaban J connectivity index is 2.37. The predicted octanol–water partition coefficient (Wildman–Crippen LogP) is 4.43. The standard InChI is InChI=1S/C13H9BrClF2N/c14-9-5-7(1-3-11(9)16)13(18)8-2-4-12(17)10(15)6-8/h1-6,13H,18H2. The zero-order valence-electron chi connectivity index (χ0n) is 9.13. The third-order valence-corrected chi connectivity index (χ3v) is 3.50. The first-order chi connectivity index (χ1) is 8.49. The highest BCUT2D eigenvalue weighted by Gasteiger charge is 2.12. The largest absolute Gasteiger partial charge is 0.320 e. The van der Waals surface area contributed by atoms with Gasteiger partial charge in [0, 0.05) is 0 Å². The van der Waals surface area contributed by atoms with E-state index in [-0.39, 0.29) is 10.8 Å². The summed E-state index contributed by atoms with van der Waals surface area (Å²) in [5, 5.41) is 0.0177. The molecule has 0 aliphatic carbocycles. The Morgan fingerprint density at radius 2 is 1.56 bits per heavy atom. The first-order valence-corrected chi connectivity index (χ1v) is 6.31. The average molecular weight is 333 g/mol. The lowest BCUT2D eigenvalue weighted by Gasteiger charge is -2.13. The van der Waals surface area contributed by atoms with Gasteiger partial charge in [0.2, 0.25) is 0 Å². The van der Waals surface area contributed by atoms with Crippen LogP contribution in [0.4, 0.5) is 8.78 Å². The van der Waals surface area contributed by atoms with Crippen molar-refractivity contribution in [1.82, 2.24) is 0 Å². The SMILES string of the molecule is NC(c1ccc(F)c(Cl)c1)c1ccc(F)c(Br)c1. The summed E-state index contributed by atoms with van der Waals surface area (Å²) in [5.41, 5.74) is 7.41. The fraction of sp³-hybridized carbons (Fsp3) is 0.0769. The van der Waals surface area contributed by atoms with Gasteiger partial charge in [0.05, 0.1) is 15.5 Å². The van der Waals surface area contributed by atoms with Crippen molar-refractivity contribution in [2.24, 2.45) is 5.73 Å². The molecule has 0 spiro atoms. The number of hydrogen-bond donors (Lipinski definition) is 1. The molecule has 94 valence electrons. The zero-order chi connectivity index (χ0) is 13.3. The molecule has 2 rings (SSSR count). The molecule has 0 heterocycles. The minimum absolute atomic E-state index is 0.0177. The molecule has 0 aromatic heterocycles. The van der Waals surface area contributed by atoms with Crippen molar-refractivity contribution in [2.75, 3.05) is 0 Å². The molecular weight excluding hydrogens is 324 g/mol. The fourth-order valence-electron chi connectivity index (χ4n) is 1.60. The molecule has 0 aliphatic heterocycles. The van der Waals surface area contributed by atoms with Crippen molar-refractivity contribution < 1.29 is 8.78 Å². The minimum atomic E-state index is -0.493. The van der Waals surface area contributed by atoms with Gasteiger partial charge in [0.25, 0.3) is 0 Å². The summed E-state index contributed by atoms with van der Waals surface area (Å²) in [6.07, 6.45) is 0. The van der Waals surface area contributed by atoms with Crippen molar-refractivity contribution in [3.8, 4) is 0 Å². The van der Waals surface area contributed by atoms with Gasteiger partial charge in [-0.3, -0.25) is 0 Å². The molecule has 2 aromatic rings. The van der Waals surface area contributed by atoms with E-state index in [4.69, 9.17) is 17.3 Å². The highest BCUT2D eigenvalue weighted by atomic mass is 79.9. The number of nitrogens with two attached hydrogens (primary N) is 1. The van der Waals surface area contributed by atoms with Crippen LogP contribution in [0.15, 0.2) is 40.9 Å². The van der Waals surface area contributed by atoms with Crippen LogP contribution in [0.2, 0.25) is 5.02 Å². The molecule has 0 aliphatic rings. The number of hydrogen-bond acceptors (Lipinski definition) is 1. The van der Waals surface area contributed by atoms with Crippen LogP contribution in [0.25, 0.3) is 0 Å². The highest BCUT2D eigenvalue weighted by molar-refractivity contribution is 9.10. The average Bonchev–Trinajstić information content (AvgIpc) is 2.35. The summed E-state index contributed by atoms with van der Waals surface area (Å²) in [6, 6.07) is 8.31. The number of rotatable bonds is 2. The van der Waals surface area contributed by atoms with Gasteiger partial charge in [0.15, 0.2) is 0 Å². The molecule has 1 unspecified atom stereocenters. The third kappa shape index (κ3) is 2.71. The molecule has 0 bridgehead atoms. The second kappa shape index (κ2) is 5.34. The second-order valence-corrected chi connectivity index (χ2v) is 5.09. The van der Waals surface area contributed by atoms with Gasteiger partial charge in [-0.05, 0) is 51.3 Å². The Morgan fingerprint density at radius 1 is 1.00 bits per heavy atom. The lowest BCUT2D eigenvalue weighted by Crippen LogP contribution is -2.12. The maximum atomic E-state index is 13.1. The molecule has 0 fully saturated rings. The van der Waals surface area contributed by atoms with Crippen LogP contribution in [0.1, 0.15) is 17.2 Å². The van der Waals surface area contributed by atoms with E-state index in [9.17, 15) is 8.78 Å². The Labute approximate surface area is 117 Å². The molecule has 1 nitrogen and oxygen atoms in total. The minimum Gasteiger partial charge on any atom is -0.320 e. The molecule has 2 aromatic carbocycles. The molecule has 2 N–H and O–H groups in total. The second-order valence-electron chi connectivity index (χ2n) is 3.82. The molecule has 0 saturated carbocycles. The summed E-state index contributed by atoms with van der Waals surface area (Å²) < 4.78 is 26.5. The fourth-order valence-corrected chi connectivity index (χ4v) is 2.19. The maximum Gasteiger partial charge on any atom is 0.141 e. The summed E-state index contributed by atoms with van der Waals surface area (Å²) in [6.45, 7) is 0. The van der Waals surface area contributed by atoms with Crippen LogP contribution in [0.5, 0.6) is 0 Å². The van der Waals surface area contributed by atoms with Gasteiger partial charge in [-0.25, -0.2) is 8.78 Å². The smallest absolute Gasteiger partial charge is 0.141 e. The molecule has 5 heteroatoms. The van der Waals surface area contributed by atoms with Crippen molar-refractivity contribution in [3.63, 3.8) is 0 Å². The van der Waals surface area contributed by atoms with Crippen LogP contribution in [0.3, 0.4) is 0 Å². The van der Waals surface area contributed by atoms with Gasteiger partial charge in [0.1, 0.15) is 11.6 Å². The van der Waals surface area contributed by atoms with E-state index >= 15 is 0 Å².